The molecule has 7 atom stereocenters. The topological polar surface area (TPSA) is 220 Å². The van der Waals surface area contributed by atoms with E-state index >= 15 is 0 Å². The number of nitrogen functional groups attached to an aromatic ring is 1. The molecule has 4 aliphatic heterocycles. The van der Waals surface area contributed by atoms with Crippen LogP contribution in [0, 0.1) is 0 Å². The third-order valence-electron chi connectivity index (χ3n) is 13.4. The van der Waals surface area contributed by atoms with Crippen molar-refractivity contribution in [3.63, 3.8) is 0 Å². The first-order valence-corrected chi connectivity index (χ1v) is 23.5. The number of phenols is 3. The number of hydrogen-bond donors (Lipinski definition) is 7. The lowest BCUT2D eigenvalue weighted by Gasteiger charge is -2.47. The number of nitrogens with one attached hydrogen (secondary N) is 3. The highest BCUT2D eigenvalue weighted by molar-refractivity contribution is 5.82. The molecule has 7 unspecified atom stereocenters. The van der Waals surface area contributed by atoms with Gasteiger partial charge in [0, 0.05) is 76.0 Å². The lowest BCUT2D eigenvalue weighted by atomic mass is 9.76. The number of esters is 1. The molecule has 67 heavy (non-hydrogen) atoms. The van der Waals surface area contributed by atoms with Crippen molar-refractivity contribution in [2.45, 2.75) is 120 Å². The van der Waals surface area contributed by atoms with Crippen molar-refractivity contribution in [3.05, 3.63) is 119 Å². The molecule has 2 saturated heterocycles. The van der Waals surface area contributed by atoms with E-state index in [1.807, 2.05) is 42.6 Å². The molecule has 1 saturated carbocycles. The number of anilines is 1. The van der Waals surface area contributed by atoms with Crippen molar-refractivity contribution in [1.29, 1.82) is 0 Å². The van der Waals surface area contributed by atoms with Crippen LogP contribution in [0.1, 0.15) is 93.1 Å². The van der Waals surface area contributed by atoms with Crippen molar-refractivity contribution in [2.75, 3.05) is 25.4 Å². The van der Waals surface area contributed by atoms with Crippen LogP contribution in [0.15, 0.2) is 107 Å². The van der Waals surface area contributed by atoms with Crippen LogP contribution in [0.2, 0.25) is 0 Å². The number of hydrogen-bond acceptors (Lipinski definition) is 13. The number of aromatic nitrogens is 2. The number of nitrogens with two attached hydrogens (primary N) is 1. The van der Waals surface area contributed by atoms with Crippen LogP contribution >= 0.6 is 0 Å². The Balaban J connectivity index is 0.852. The Kier molecular flexibility index (Phi) is 13.9. The van der Waals surface area contributed by atoms with E-state index in [9.17, 15) is 20.1 Å². The second-order valence-electron chi connectivity index (χ2n) is 18.5. The van der Waals surface area contributed by atoms with Gasteiger partial charge in [0.15, 0.2) is 35.1 Å². The first kappa shape index (κ1) is 45.5. The minimum Gasteiger partial charge on any atom is -0.504 e. The molecule has 0 bridgehead atoms. The van der Waals surface area contributed by atoms with Gasteiger partial charge in [-0.2, -0.15) is 0 Å². The van der Waals surface area contributed by atoms with Crippen molar-refractivity contribution < 1.29 is 44.0 Å². The summed E-state index contributed by atoms with van der Waals surface area (Å²) in [5.41, 5.74) is 11.6. The Bertz CT molecular complexity index is 2530. The van der Waals surface area contributed by atoms with Gasteiger partial charge in [-0.25, -0.2) is 4.98 Å². The number of carbonyl (C=O) groups excluding carboxylic acids is 1. The van der Waals surface area contributed by atoms with E-state index in [1.54, 1.807) is 30.7 Å². The summed E-state index contributed by atoms with van der Waals surface area (Å²) in [5, 5.41) is 40.1. The summed E-state index contributed by atoms with van der Waals surface area (Å²) in [5.74, 6) is 0.926. The zero-order chi connectivity index (χ0) is 46.3. The zero-order valence-electron chi connectivity index (χ0n) is 37.9. The first-order chi connectivity index (χ1) is 32.5. The van der Waals surface area contributed by atoms with Crippen LogP contribution in [0.25, 0.3) is 0 Å². The number of guanidine groups is 1. The Morgan fingerprint density at radius 2 is 1.88 bits per heavy atom. The van der Waals surface area contributed by atoms with Crippen LogP contribution in [0.4, 0.5) is 5.82 Å². The van der Waals surface area contributed by atoms with Gasteiger partial charge in [-0.1, -0.05) is 12.1 Å². The van der Waals surface area contributed by atoms with Gasteiger partial charge in [-0.15, -0.1) is 0 Å². The maximum absolute atomic E-state index is 12.2. The van der Waals surface area contributed by atoms with Crippen LogP contribution in [0.5, 0.6) is 28.7 Å². The highest BCUT2D eigenvalue weighted by Crippen LogP contribution is 2.43. The van der Waals surface area contributed by atoms with Crippen LogP contribution in [-0.4, -0.2) is 93.1 Å². The number of aliphatic imine (C=N–C) groups is 2. The Morgan fingerprint density at radius 1 is 0.985 bits per heavy atom. The molecule has 2 aromatic carbocycles. The lowest BCUT2D eigenvalue weighted by molar-refractivity contribution is -0.869. The smallest absolute Gasteiger partial charge is 0.302 e. The minimum absolute atomic E-state index is 0.0840. The average molecular weight is 914 g/mol. The third-order valence-corrected chi connectivity index (χ3v) is 13.4. The molecule has 3 fully saturated rings. The second kappa shape index (κ2) is 20.5. The number of rotatable bonds is 16. The van der Waals surface area contributed by atoms with Crippen molar-refractivity contribution in [2.24, 2.45) is 9.98 Å². The summed E-state index contributed by atoms with van der Waals surface area (Å²) in [7, 11) is 0. The van der Waals surface area contributed by atoms with Gasteiger partial charge in [0.25, 0.3) is 0 Å². The van der Waals surface area contributed by atoms with Gasteiger partial charge in [-0.05, 0) is 116 Å². The molecule has 16 heteroatoms. The molecule has 9 rings (SSSR count). The number of quaternary nitrogens is 1. The number of pyridine rings is 2. The fourth-order valence-electron chi connectivity index (χ4n) is 10.2. The molecule has 0 radical (unpaired) electrons. The second-order valence-corrected chi connectivity index (χ2v) is 18.5. The average Bonchev–Trinajstić information content (AvgIpc) is 3.93. The van der Waals surface area contributed by atoms with E-state index in [0.717, 1.165) is 79.8 Å². The minimum atomic E-state index is -0.540. The van der Waals surface area contributed by atoms with Gasteiger partial charge in [-0.3, -0.25) is 24.7 Å². The molecule has 16 nitrogen and oxygen atoms in total. The largest absolute Gasteiger partial charge is 0.504 e. The van der Waals surface area contributed by atoms with Gasteiger partial charge in [0.1, 0.15) is 36.5 Å². The van der Waals surface area contributed by atoms with E-state index < -0.39 is 12.2 Å². The number of aryl methyl sites for hydroxylation is 2. The fraction of sp³-hybridized carbons (Fsp3) is 0.431. The van der Waals surface area contributed by atoms with E-state index in [-0.39, 0.29) is 59.5 Å². The van der Waals surface area contributed by atoms with Crippen LogP contribution in [-0.2, 0) is 33.5 Å². The number of allylic oxidation sites excluding steroid dienone is 1. The maximum Gasteiger partial charge on any atom is 0.302 e. The summed E-state index contributed by atoms with van der Waals surface area (Å²) < 4.78 is 25.0. The monoisotopic (exact) mass is 913 g/mol. The molecule has 352 valence electrons. The number of benzene rings is 2. The maximum atomic E-state index is 12.2. The van der Waals surface area contributed by atoms with E-state index in [1.165, 1.54) is 23.5 Å². The molecule has 0 amide bonds. The normalized spacial score (nSPS) is 26.0. The number of carbonyl (C=O) groups is 1. The molecular weight excluding hydrogens is 853 g/mol. The SMILES string of the molecule is CC(=O)OC1CC(CCc2ccc(O)c(OC3CCCC4(C3)CC([NH+]3C=C5N=CC=C5C3)NC(=NCCCc3ccnc(N)c3)N4)c2)OC(c2cc(O)c(O)c(OCCc3cccnc3)c2)C1. The Morgan fingerprint density at radius 3 is 2.72 bits per heavy atom. The summed E-state index contributed by atoms with van der Waals surface area (Å²) in [6, 6.07) is 16.4. The molecule has 5 aliphatic rings. The number of phenolic OH excluding ortho intramolecular Hbond substituents is 3. The van der Waals surface area contributed by atoms with E-state index in [2.05, 4.69) is 37.9 Å². The Labute approximate surface area is 390 Å². The van der Waals surface area contributed by atoms with Gasteiger partial charge < -0.3 is 50.6 Å². The van der Waals surface area contributed by atoms with Crippen molar-refractivity contribution >= 4 is 24.0 Å². The van der Waals surface area contributed by atoms with Crippen molar-refractivity contribution in [3.8, 4) is 28.7 Å². The van der Waals surface area contributed by atoms with E-state index in [4.69, 9.17) is 29.7 Å². The quantitative estimate of drug-likeness (QED) is 0.0432. The number of fused-ring (bicyclic) bond motifs is 1. The van der Waals surface area contributed by atoms with E-state index in [0.29, 0.717) is 55.8 Å². The highest BCUT2D eigenvalue weighted by Gasteiger charge is 2.47. The molecule has 6 heterocycles. The van der Waals surface area contributed by atoms with Crippen LogP contribution in [0.3, 0.4) is 0 Å². The summed E-state index contributed by atoms with van der Waals surface area (Å²) in [4.78, 5) is 31.4. The van der Waals surface area contributed by atoms with Crippen molar-refractivity contribution in [1.82, 2.24) is 20.6 Å². The standard InChI is InChI=1S/C51H60N8O8/c1-32(60)65-40-25-38(66-44(26-40)37-23-43(62)49(63)46(24-37)64-20-14-35-6-3-16-53-29-35)10-8-34-9-11-42(61)45(21-34)67-39-7-2-15-51(27-39)28-48(59-30-36-13-19-54-41(36)31-59)57-50(58-51)56-17-4-5-33-12-18-55-47(52)22-33/h3,6,9,11-13,16,18-19,21-24,29,31,38-40,44,48,61-63H,2,4-5,7-8,10,14-15,17,20,25-28,30H2,1H3,(H2,52,55)(H2,56,57,58)/p+1. The molecule has 8 N–H and O–H groups in total. The molecular formula is C51H61N8O8+. The number of aromatic hydroxyl groups is 3. The van der Waals surface area contributed by atoms with Gasteiger partial charge in [0.2, 0.25) is 5.75 Å². The summed E-state index contributed by atoms with van der Waals surface area (Å²) in [6.07, 6.45) is 18.8. The molecule has 4 aromatic rings. The highest BCUT2D eigenvalue weighted by atomic mass is 16.6. The number of ether oxygens (including phenoxy) is 4. The first-order valence-electron chi connectivity index (χ1n) is 23.5. The zero-order valence-corrected chi connectivity index (χ0v) is 37.9. The molecule has 1 aliphatic carbocycles. The number of nitrogens with zero attached hydrogens (tertiary/aromatic N) is 4. The van der Waals surface area contributed by atoms with Gasteiger partial charge >= 0.3 is 5.97 Å². The summed E-state index contributed by atoms with van der Waals surface area (Å²) >= 11 is 0. The Hall–Kier alpha value is -6.65. The van der Waals surface area contributed by atoms with Gasteiger partial charge in [0.05, 0.1) is 24.4 Å². The summed E-state index contributed by atoms with van der Waals surface area (Å²) in [6.45, 7) is 3.16. The predicted octanol–water partition coefficient (Wildman–Crippen LogP) is 5.29. The fourth-order valence-corrected chi connectivity index (χ4v) is 10.2. The third kappa shape index (κ3) is 11.5. The molecule has 2 aromatic heterocycles. The predicted molar refractivity (Wildman–Crippen MR) is 252 cm³/mol. The molecule has 1 spiro atoms. The van der Waals surface area contributed by atoms with Crippen LogP contribution < -0.4 is 30.7 Å². The lowest BCUT2D eigenvalue weighted by Crippen LogP contribution is -3.14.